The highest BCUT2D eigenvalue weighted by atomic mass is 32.2. The minimum Gasteiger partial charge on any atom is -0.612 e. The Balaban J connectivity index is 2.32. The molecule has 1 unspecified atom stereocenters. The minimum absolute atomic E-state index is 0.862. The molecule has 2 heteroatoms. The van der Waals surface area contributed by atoms with E-state index in [-0.39, 0.29) is 0 Å². The monoisotopic (exact) mass is 215 g/mol. The Bertz CT molecular complexity index is 420. The van der Waals surface area contributed by atoms with Crippen LogP contribution in [-0.2, 0) is 11.2 Å². The fourth-order valence-corrected chi connectivity index (χ4v) is 1.94. The van der Waals surface area contributed by atoms with Crippen LogP contribution >= 0.6 is 0 Å². The summed E-state index contributed by atoms with van der Waals surface area (Å²) in [6, 6.07) is 18.6. The molecule has 1 nitrogen and oxygen atoms in total. The number of rotatable bonds is 2. The van der Waals surface area contributed by atoms with Gasteiger partial charge in [0, 0.05) is 0 Å². The first kappa shape index (κ1) is 10.3. The number of hydrogen-bond donors (Lipinski definition) is 0. The molecule has 0 fully saturated rings. The molecule has 0 bridgehead atoms. The molecule has 2 rings (SSSR count). The van der Waals surface area contributed by atoms with E-state index >= 15 is 0 Å². The topological polar surface area (TPSA) is 23.1 Å². The Kier molecular flexibility index (Phi) is 3.09. The van der Waals surface area contributed by atoms with Crippen LogP contribution in [0.1, 0.15) is 0 Å². The van der Waals surface area contributed by atoms with Crippen molar-refractivity contribution in [3.05, 3.63) is 54.6 Å². The van der Waals surface area contributed by atoms with Gasteiger partial charge in [0.1, 0.15) is 6.26 Å². The smallest absolute Gasteiger partial charge is 0.152 e. The normalized spacial score (nSPS) is 12.4. The molecule has 1 atom stereocenters. The van der Waals surface area contributed by atoms with Crippen molar-refractivity contribution in [2.45, 2.75) is 4.90 Å². The summed E-state index contributed by atoms with van der Waals surface area (Å²) in [5.74, 6) is 0. The quantitative estimate of drug-likeness (QED) is 0.706. The van der Waals surface area contributed by atoms with Crippen molar-refractivity contribution in [1.82, 2.24) is 0 Å². The molecule has 0 saturated carbocycles. The fraction of sp³-hybridized carbons (Fsp3) is 0.0769. The van der Waals surface area contributed by atoms with Crippen LogP contribution in [0.2, 0.25) is 0 Å². The van der Waals surface area contributed by atoms with Crippen molar-refractivity contribution in [3.8, 4) is 11.1 Å². The third-order valence-electron chi connectivity index (χ3n) is 2.24. The maximum absolute atomic E-state index is 11.2. The van der Waals surface area contributed by atoms with Gasteiger partial charge in [0.15, 0.2) is 4.90 Å². The Morgan fingerprint density at radius 3 is 2.00 bits per heavy atom. The van der Waals surface area contributed by atoms with Crippen LogP contribution in [0.3, 0.4) is 0 Å². The molecule has 2 aromatic carbocycles. The van der Waals surface area contributed by atoms with Crippen molar-refractivity contribution >= 4 is 11.2 Å². The molecule has 0 amide bonds. The zero-order valence-electron chi connectivity index (χ0n) is 8.44. The summed E-state index contributed by atoms with van der Waals surface area (Å²) in [5.41, 5.74) is 2.29. The third kappa shape index (κ3) is 2.41. The summed E-state index contributed by atoms with van der Waals surface area (Å²) < 4.78 is 11.2. The maximum atomic E-state index is 11.2. The molecule has 0 aromatic heterocycles. The predicted molar refractivity (Wildman–Crippen MR) is 63.0 cm³/mol. The van der Waals surface area contributed by atoms with Gasteiger partial charge in [-0.1, -0.05) is 24.3 Å². The molecular weight excluding hydrogens is 204 g/mol. The van der Waals surface area contributed by atoms with Gasteiger partial charge in [-0.3, -0.25) is 0 Å². The molecule has 0 aliphatic carbocycles. The van der Waals surface area contributed by atoms with Crippen LogP contribution in [-0.4, -0.2) is 10.8 Å². The van der Waals surface area contributed by atoms with Crippen LogP contribution in [0.5, 0.6) is 0 Å². The van der Waals surface area contributed by atoms with Gasteiger partial charge in [-0.15, -0.1) is 0 Å². The average molecular weight is 215 g/mol. The number of hydrogen-bond acceptors (Lipinski definition) is 1. The molecule has 0 heterocycles. The second-order valence-electron chi connectivity index (χ2n) is 3.27. The SMILES string of the molecule is C[S+]([O-])c1ccc(-c2cc[c]cc2)cc1. The Hall–Kier alpha value is -1.25. The van der Waals surface area contributed by atoms with Crippen molar-refractivity contribution in [1.29, 1.82) is 0 Å². The summed E-state index contributed by atoms with van der Waals surface area (Å²) in [5, 5.41) is 0. The molecule has 1 radical (unpaired) electrons. The lowest BCUT2D eigenvalue weighted by Crippen LogP contribution is -1.96. The molecule has 0 aliphatic heterocycles. The van der Waals surface area contributed by atoms with Gasteiger partial charge in [-0.05, 0) is 52.6 Å². The third-order valence-corrected chi connectivity index (χ3v) is 3.17. The molecule has 0 N–H and O–H groups in total. The first-order chi connectivity index (χ1) is 7.27. The van der Waals surface area contributed by atoms with Gasteiger partial charge < -0.3 is 4.55 Å². The molecule has 2 aromatic rings. The summed E-state index contributed by atoms with van der Waals surface area (Å²) in [7, 11) is 0. The Morgan fingerprint density at radius 2 is 1.47 bits per heavy atom. The van der Waals surface area contributed by atoms with E-state index in [0.717, 1.165) is 16.0 Å². The van der Waals surface area contributed by atoms with Crippen LogP contribution in [0.4, 0.5) is 0 Å². The van der Waals surface area contributed by atoms with E-state index in [9.17, 15) is 4.55 Å². The highest BCUT2D eigenvalue weighted by Gasteiger charge is 2.03. The van der Waals surface area contributed by atoms with Gasteiger partial charge in [0.2, 0.25) is 0 Å². The van der Waals surface area contributed by atoms with Crippen molar-refractivity contribution < 1.29 is 4.55 Å². The largest absolute Gasteiger partial charge is 0.612 e. The van der Waals surface area contributed by atoms with E-state index in [1.807, 2.05) is 48.5 Å². The van der Waals surface area contributed by atoms with E-state index in [1.54, 1.807) is 6.26 Å². The van der Waals surface area contributed by atoms with Gasteiger partial charge in [0.05, 0.1) is 0 Å². The van der Waals surface area contributed by atoms with Gasteiger partial charge in [-0.2, -0.15) is 0 Å². The highest BCUT2D eigenvalue weighted by Crippen LogP contribution is 2.20. The maximum Gasteiger partial charge on any atom is 0.152 e. The molecule has 0 saturated heterocycles. The molecule has 15 heavy (non-hydrogen) atoms. The van der Waals surface area contributed by atoms with Gasteiger partial charge in [-0.25, -0.2) is 0 Å². The molecule has 0 aliphatic rings. The summed E-state index contributed by atoms with van der Waals surface area (Å²) in [4.78, 5) is 0.862. The standard InChI is InChI=1S/C13H11OS/c1-15(14)13-9-7-12(8-10-13)11-5-3-2-4-6-11/h3-10H,1H3. The molecule has 75 valence electrons. The number of benzene rings is 2. The van der Waals surface area contributed by atoms with Crippen molar-refractivity contribution in [2.75, 3.05) is 6.26 Å². The zero-order valence-corrected chi connectivity index (χ0v) is 9.25. The molecular formula is C13H11OS. The van der Waals surface area contributed by atoms with E-state index in [4.69, 9.17) is 0 Å². The van der Waals surface area contributed by atoms with Crippen molar-refractivity contribution in [3.63, 3.8) is 0 Å². The van der Waals surface area contributed by atoms with Crippen LogP contribution in [0, 0.1) is 6.07 Å². The van der Waals surface area contributed by atoms with E-state index in [0.29, 0.717) is 0 Å². The lowest BCUT2D eigenvalue weighted by molar-refractivity contribution is 0.601. The Morgan fingerprint density at radius 1 is 0.933 bits per heavy atom. The predicted octanol–water partition coefficient (Wildman–Crippen LogP) is 2.89. The first-order valence-electron chi connectivity index (χ1n) is 4.67. The Labute approximate surface area is 92.9 Å². The molecule has 0 spiro atoms. The fourth-order valence-electron chi connectivity index (χ4n) is 1.42. The summed E-state index contributed by atoms with van der Waals surface area (Å²) in [6.07, 6.45) is 1.69. The average Bonchev–Trinajstić information content (AvgIpc) is 2.30. The minimum atomic E-state index is -0.900. The van der Waals surface area contributed by atoms with Gasteiger partial charge >= 0.3 is 0 Å². The van der Waals surface area contributed by atoms with Crippen LogP contribution in [0.25, 0.3) is 11.1 Å². The second-order valence-corrected chi connectivity index (χ2v) is 4.65. The van der Waals surface area contributed by atoms with E-state index in [2.05, 4.69) is 6.07 Å². The van der Waals surface area contributed by atoms with Crippen molar-refractivity contribution in [2.24, 2.45) is 0 Å². The van der Waals surface area contributed by atoms with Crippen LogP contribution in [0.15, 0.2) is 53.4 Å². The van der Waals surface area contributed by atoms with E-state index < -0.39 is 11.2 Å². The zero-order chi connectivity index (χ0) is 10.7. The lowest BCUT2D eigenvalue weighted by Gasteiger charge is -2.05. The summed E-state index contributed by atoms with van der Waals surface area (Å²) in [6.45, 7) is 0. The lowest BCUT2D eigenvalue weighted by atomic mass is 10.1. The van der Waals surface area contributed by atoms with Crippen LogP contribution < -0.4 is 0 Å². The highest BCUT2D eigenvalue weighted by molar-refractivity contribution is 7.90. The summed E-state index contributed by atoms with van der Waals surface area (Å²) >= 11 is -0.900. The van der Waals surface area contributed by atoms with Gasteiger partial charge in [0.25, 0.3) is 0 Å². The van der Waals surface area contributed by atoms with E-state index in [1.165, 1.54) is 0 Å². The first-order valence-corrected chi connectivity index (χ1v) is 6.23. The second kappa shape index (κ2) is 4.51.